The number of amides is 3. The molecule has 3 amide bonds. The van der Waals surface area contributed by atoms with E-state index in [-0.39, 0.29) is 53.7 Å². The largest absolute Gasteiger partial charge is 0.300 e. The zero-order valence-corrected chi connectivity index (χ0v) is 18.5. The molecule has 1 aromatic carbocycles. The average molecular weight is 455 g/mol. The number of fused-ring (bicyclic) bond motifs is 5. The lowest BCUT2D eigenvalue weighted by Crippen LogP contribution is -2.38. The van der Waals surface area contributed by atoms with Crippen LogP contribution in [0.4, 0.5) is 9.52 Å². The summed E-state index contributed by atoms with van der Waals surface area (Å²) in [7, 11) is 0. The van der Waals surface area contributed by atoms with Gasteiger partial charge >= 0.3 is 0 Å². The van der Waals surface area contributed by atoms with Gasteiger partial charge in [0.25, 0.3) is 0 Å². The van der Waals surface area contributed by atoms with Crippen molar-refractivity contribution in [2.24, 2.45) is 23.7 Å². The van der Waals surface area contributed by atoms with Crippen LogP contribution in [0.5, 0.6) is 0 Å². The number of hydrogen-bond donors (Lipinski definition) is 1. The Morgan fingerprint density at radius 2 is 1.75 bits per heavy atom. The third-order valence-electron chi connectivity index (χ3n) is 6.63. The highest BCUT2D eigenvalue weighted by atomic mass is 32.1. The van der Waals surface area contributed by atoms with Crippen LogP contribution < -0.4 is 5.32 Å². The maximum atomic E-state index is 13.5. The zero-order valence-electron chi connectivity index (χ0n) is 17.7. The van der Waals surface area contributed by atoms with Crippen molar-refractivity contribution >= 4 is 34.2 Å². The maximum Gasteiger partial charge on any atom is 0.234 e. The van der Waals surface area contributed by atoms with Crippen LogP contribution in [-0.4, -0.2) is 32.8 Å². The number of anilines is 1. The van der Waals surface area contributed by atoms with Crippen molar-refractivity contribution in [1.82, 2.24) is 15.1 Å². The van der Waals surface area contributed by atoms with Crippen LogP contribution in [-0.2, 0) is 14.4 Å². The van der Waals surface area contributed by atoms with Crippen LogP contribution in [0.15, 0.2) is 36.4 Å². The van der Waals surface area contributed by atoms with Crippen molar-refractivity contribution in [2.45, 2.75) is 38.6 Å². The second kappa shape index (κ2) is 7.88. The van der Waals surface area contributed by atoms with E-state index in [0.29, 0.717) is 10.7 Å². The quantitative estimate of drug-likeness (QED) is 0.531. The van der Waals surface area contributed by atoms with Crippen molar-refractivity contribution in [2.75, 3.05) is 5.32 Å². The first-order valence-corrected chi connectivity index (χ1v) is 11.6. The number of nitrogens with one attached hydrogen (secondary N) is 1. The zero-order chi connectivity index (χ0) is 22.6. The van der Waals surface area contributed by atoms with E-state index in [1.165, 1.54) is 40.5 Å². The fraction of sp³-hybridized carbons (Fsp3) is 0.435. The van der Waals surface area contributed by atoms with E-state index in [0.717, 1.165) is 11.4 Å². The second-order valence-corrected chi connectivity index (χ2v) is 9.98. The Bertz CT molecular complexity index is 1080. The van der Waals surface area contributed by atoms with E-state index in [9.17, 15) is 18.8 Å². The molecule has 7 nitrogen and oxygen atoms in total. The van der Waals surface area contributed by atoms with Crippen LogP contribution in [0, 0.1) is 29.5 Å². The molecule has 5 rings (SSSR count). The van der Waals surface area contributed by atoms with E-state index >= 15 is 0 Å². The minimum atomic E-state index is -0.807. The average Bonchev–Trinajstić information content (AvgIpc) is 3.52. The van der Waals surface area contributed by atoms with Gasteiger partial charge in [-0.05, 0) is 36.0 Å². The molecule has 9 heteroatoms. The summed E-state index contributed by atoms with van der Waals surface area (Å²) >= 11 is 1.29. The van der Waals surface area contributed by atoms with Gasteiger partial charge in [0, 0.05) is 5.92 Å². The molecule has 2 heterocycles. The van der Waals surface area contributed by atoms with E-state index < -0.39 is 11.9 Å². The van der Waals surface area contributed by atoms with Crippen molar-refractivity contribution in [3.05, 3.63) is 52.8 Å². The number of allylic oxidation sites excluding steroid dienone is 2. The SMILES string of the molecule is CC(C)c1nnc(NC(=O)CC(c2ccc(F)cc2)N2C(=O)C3C4C=CC(C4)C3C2=O)s1. The molecule has 2 bridgehead atoms. The molecular weight excluding hydrogens is 431 g/mol. The third-order valence-corrected chi connectivity index (χ3v) is 7.77. The topological polar surface area (TPSA) is 92.3 Å². The number of nitrogens with zero attached hydrogens (tertiary/aromatic N) is 3. The predicted octanol–water partition coefficient (Wildman–Crippen LogP) is 3.68. The summed E-state index contributed by atoms with van der Waals surface area (Å²) in [6.07, 6.45) is 4.75. The maximum absolute atomic E-state index is 13.5. The van der Waals surface area contributed by atoms with Gasteiger partial charge in [-0.1, -0.05) is 49.5 Å². The molecule has 1 saturated heterocycles. The van der Waals surface area contributed by atoms with E-state index in [1.54, 1.807) is 0 Å². The number of carbonyl (C=O) groups excluding carboxylic acids is 3. The third kappa shape index (κ3) is 3.44. The fourth-order valence-corrected chi connectivity index (χ4v) is 5.90. The minimum absolute atomic E-state index is 0.0741. The van der Waals surface area contributed by atoms with Crippen LogP contribution in [0.1, 0.15) is 49.2 Å². The molecule has 5 atom stereocenters. The Hall–Kier alpha value is -2.94. The van der Waals surface area contributed by atoms with E-state index in [1.807, 2.05) is 26.0 Å². The molecule has 1 aliphatic heterocycles. The first-order chi connectivity index (χ1) is 15.3. The van der Waals surface area contributed by atoms with Gasteiger partial charge in [-0.2, -0.15) is 0 Å². The molecule has 1 saturated carbocycles. The Labute approximate surface area is 188 Å². The highest BCUT2D eigenvalue weighted by Gasteiger charge is 2.60. The van der Waals surface area contributed by atoms with Gasteiger partial charge < -0.3 is 5.32 Å². The van der Waals surface area contributed by atoms with E-state index in [4.69, 9.17) is 0 Å². The molecular formula is C23H23FN4O3S. The van der Waals surface area contributed by atoms with Gasteiger partial charge in [0.15, 0.2) is 0 Å². The van der Waals surface area contributed by atoms with Crippen molar-refractivity contribution < 1.29 is 18.8 Å². The number of halogens is 1. The normalized spacial score (nSPS) is 26.8. The Kier molecular flexibility index (Phi) is 5.16. The lowest BCUT2D eigenvalue weighted by Gasteiger charge is -2.28. The summed E-state index contributed by atoms with van der Waals surface area (Å²) in [5.74, 6) is -1.67. The first-order valence-electron chi connectivity index (χ1n) is 10.8. The molecule has 2 aromatic rings. The van der Waals surface area contributed by atoms with Crippen LogP contribution in [0.25, 0.3) is 0 Å². The molecule has 166 valence electrons. The van der Waals surface area contributed by atoms with Gasteiger partial charge in [-0.25, -0.2) is 4.39 Å². The number of imide groups is 1. The Balaban J connectivity index is 1.41. The fourth-order valence-electron chi connectivity index (χ4n) is 5.14. The van der Waals surface area contributed by atoms with Gasteiger partial charge in [-0.15, -0.1) is 10.2 Å². The molecule has 5 unspecified atom stereocenters. The molecule has 1 aromatic heterocycles. The van der Waals surface area contributed by atoms with E-state index in [2.05, 4.69) is 15.5 Å². The molecule has 3 aliphatic rings. The molecule has 2 fully saturated rings. The van der Waals surface area contributed by atoms with Gasteiger partial charge in [0.05, 0.1) is 24.3 Å². The first kappa shape index (κ1) is 20.9. The highest BCUT2D eigenvalue weighted by Crippen LogP contribution is 2.54. The van der Waals surface area contributed by atoms with Gasteiger partial charge in [0.1, 0.15) is 10.8 Å². The minimum Gasteiger partial charge on any atom is -0.300 e. The molecule has 0 spiro atoms. The van der Waals surface area contributed by atoms with Crippen molar-refractivity contribution in [1.29, 1.82) is 0 Å². The number of hydrogen-bond acceptors (Lipinski definition) is 6. The highest BCUT2D eigenvalue weighted by molar-refractivity contribution is 7.15. The molecule has 1 N–H and O–H groups in total. The number of rotatable bonds is 6. The Morgan fingerprint density at radius 1 is 1.12 bits per heavy atom. The van der Waals surface area contributed by atoms with Gasteiger partial charge in [-0.3, -0.25) is 19.3 Å². The summed E-state index contributed by atoms with van der Waals surface area (Å²) < 4.78 is 13.5. The number of aromatic nitrogens is 2. The summed E-state index contributed by atoms with van der Waals surface area (Å²) in [4.78, 5) is 40.8. The summed E-state index contributed by atoms with van der Waals surface area (Å²) in [6.45, 7) is 3.97. The number of carbonyl (C=O) groups is 3. The molecule has 32 heavy (non-hydrogen) atoms. The summed E-state index contributed by atoms with van der Waals surface area (Å²) in [5, 5.41) is 12.0. The molecule has 0 radical (unpaired) electrons. The second-order valence-electron chi connectivity index (χ2n) is 8.97. The summed E-state index contributed by atoms with van der Waals surface area (Å²) in [6, 6.07) is 4.79. The van der Waals surface area contributed by atoms with Gasteiger partial charge in [0.2, 0.25) is 22.9 Å². The van der Waals surface area contributed by atoms with Crippen molar-refractivity contribution in [3.8, 4) is 0 Å². The lowest BCUT2D eigenvalue weighted by atomic mass is 9.85. The smallest absolute Gasteiger partial charge is 0.234 e. The monoisotopic (exact) mass is 454 g/mol. The number of likely N-dealkylation sites (tertiary alicyclic amines) is 1. The predicted molar refractivity (Wildman–Crippen MR) is 116 cm³/mol. The summed E-state index contributed by atoms with van der Waals surface area (Å²) in [5.41, 5.74) is 0.545. The van der Waals surface area contributed by atoms with Crippen molar-refractivity contribution in [3.63, 3.8) is 0 Å². The lowest BCUT2D eigenvalue weighted by molar-refractivity contribution is -0.144. The standard InChI is InChI=1S/C23H23FN4O3S/c1-11(2)20-26-27-23(32-20)25-17(29)10-16(12-5-7-15(24)8-6-12)28-21(30)18-13-3-4-14(9-13)19(18)22(28)31/h3-8,11,13-14,16,18-19H,9-10H2,1-2H3,(H,25,27,29). The molecule has 2 aliphatic carbocycles. The Morgan fingerprint density at radius 3 is 2.31 bits per heavy atom. The van der Waals surface area contributed by atoms with Crippen LogP contribution in [0.3, 0.4) is 0 Å². The van der Waals surface area contributed by atoms with Crippen LogP contribution >= 0.6 is 11.3 Å². The number of benzene rings is 1. The van der Waals surface area contributed by atoms with Crippen LogP contribution in [0.2, 0.25) is 0 Å².